The summed E-state index contributed by atoms with van der Waals surface area (Å²) in [5.41, 5.74) is 1.84. The molecule has 1 aliphatic heterocycles. The largest absolute Gasteiger partial charge is 0.299 e. The van der Waals surface area contributed by atoms with Gasteiger partial charge in [0.15, 0.2) is 4.93 Å². The van der Waals surface area contributed by atoms with E-state index in [1.54, 1.807) is 11.8 Å². The summed E-state index contributed by atoms with van der Waals surface area (Å²) in [4.78, 5) is 11.9. The number of carbonyl (C=O) groups excluding carboxylic acids is 1. The maximum absolute atomic E-state index is 12.4. The summed E-state index contributed by atoms with van der Waals surface area (Å²) in [6, 6.07) is 20.6. The van der Waals surface area contributed by atoms with Crippen LogP contribution in [0.25, 0.3) is 0 Å². The summed E-state index contributed by atoms with van der Waals surface area (Å²) in [5, 5.41) is 0. The van der Waals surface area contributed by atoms with Crippen LogP contribution in [-0.4, -0.2) is 9.86 Å². The Kier molecular flexibility index (Phi) is 3.64. The van der Waals surface area contributed by atoms with Crippen LogP contribution in [0.2, 0.25) is 0 Å². The van der Waals surface area contributed by atoms with Crippen LogP contribution in [0.15, 0.2) is 60.7 Å². The first-order chi connectivity index (χ1) is 11.4. The standard InChI is InChI=1S/C20H20O2S2/c1-14-17(21)18(2,3)20(14)23-19(22-24-20,15-10-6-4-7-11-15)16-12-8-5-9-13-16/h4-14H,1-3H3. The van der Waals surface area contributed by atoms with Gasteiger partial charge in [0.1, 0.15) is 9.86 Å². The highest BCUT2D eigenvalue weighted by molar-refractivity contribution is 8.19. The van der Waals surface area contributed by atoms with E-state index < -0.39 is 10.3 Å². The molecule has 1 saturated carbocycles. The first kappa shape index (κ1) is 16.2. The lowest BCUT2D eigenvalue weighted by Crippen LogP contribution is -2.63. The molecule has 2 aromatic carbocycles. The molecule has 2 nitrogen and oxygen atoms in total. The average Bonchev–Trinajstić information content (AvgIpc) is 3.07. The highest BCUT2D eigenvalue weighted by atomic mass is 32.2. The van der Waals surface area contributed by atoms with Gasteiger partial charge >= 0.3 is 0 Å². The van der Waals surface area contributed by atoms with E-state index in [0.717, 1.165) is 11.1 Å². The van der Waals surface area contributed by atoms with E-state index >= 15 is 0 Å². The molecule has 2 aliphatic rings. The molecular formula is C20H20O2S2. The van der Waals surface area contributed by atoms with Crippen molar-refractivity contribution >= 4 is 29.6 Å². The molecule has 1 saturated heterocycles. The summed E-state index contributed by atoms with van der Waals surface area (Å²) in [6.45, 7) is 6.12. The van der Waals surface area contributed by atoms with Gasteiger partial charge < -0.3 is 0 Å². The van der Waals surface area contributed by atoms with Crippen LogP contribution in [0.5, 0.6) is 0 Å². The number of carbonyl (C=O) groups is 1. The highest BCUT2D eigenvalue weighted by Gasteiger charge is 2.73. The lowest BCUT2D eigenvalue weighted by atomic mass is 9.62. The number of rotatable bonds is 2. The third kappa shape index (κ3) is 1.94. The van der Waals surface area contributed by atoms with Gasteiger partial charge in [-0.05, 0) is 11.1 Å². The number of Topliss-reactive ketones (excluding diaryl/α,β-unsaturated/α-hetero) is 1. The van der Waals surface area contributed by atoms with Crippen molar-refractivity contribution in [1.29, 1.82) is 0 Å². The van der Waals surface area contributed by atoms with Crippen molar-refractivity contribution in [3.63, 3.8) is 0 Å². The van der Waals surface area contributed by atoms with Crippen LogP contribution in [-0.2, 0) is 13.9 Å². The maximum atomic E-state index is 12.4. The molecule has 1 aliphatic carbocycles. The van der Waals surface area contributed by atoms with E-state index in [1.807, 2.05) is 57.2 Å². The topological polar surface area (TPSA) is 26.3 Å². The third-order valence-corrected chi connectivity index (χ3v) is 9.35. The van der Waals surface area contributed by atoms with Crippen molar-refractivity contribution in [2.24, 2.45) is 11.3 Å². The first-order valence-corrected chi connectivity index (χ1v) is 9.72. The number of ketones is 1. The Balaban J connectivity index is 1.85. The summed E-state index contributed by atoms with van der Waals surface area (Å²) >= 11 is 3.28. The van der Waals surface area contributed by atoms with E-state index in [2.05, 4.69) is 24.3 Å². The number of thioether (sulfide) groups is 1. The van der Waals surface area contributed by atoms with Gasteiger partial charge in [0.25, 0.3) is 0 Å². The van der Waals surface area contributed by atoms with E-state index in [9.17, 15) is 4.79 Å². The Morgan fingerprint density at radius 3 is 1.88 bits per heavy atom. The van der Waals surface area contributed by atoms with Crippen LogP contribution in [0.3, 0.4) is 0 Å². The molecule has 0 amide bonds. The van der Waals surface area contributed by atoms with Crippen molar-refractivity contribution in [2.75, 3.05) is 0 Å². The van der Waals surface area contributed by atoms with Gasteiger partial charge in [0, 0.05) is 18.0 Å². The van der Waals surface area contributed by atoms with Crippen LogP contribution in [0.4, 0.5) is 0 Å². The lowest BCUT2D eigenvalue weighted by Gasteiger charge is -2.54. The minimum absolute atomic E-state index is 0.0169. The molecule has 2 unspecified atom stereocenters. The van der Waals surface area contributed by atoms with E-state index in [0.29, 0.717) is 5.78 Å². The van der Waals surface area contributed by atoms with Crippen LogP contribution in [0, 0.1) is 11.3 Å². The van der Waals surface area contributed by atoms with E-state index in [-0.39, 0.29) is 10.00 Å². The molecule has 0 bridgehead atoms. The third-order valence-electron chi connectivity index (χ3n) is 5.34. The van der Waals surface area contributed by atoms with Crippen LogP contribution in [0.1, 0.15) is 31.9 Å². The Morgan fingerprint density at radius 1 is 0.917 bits per heavy atom. The van der Waals surface area contributed by atoms with Gasteiger partial charge in [0.2, 0.25) is 0 Å². The van der Waals surface area contributed by atoms with Crippen molar-refractivity contribution in [1.82, 2.24) is 0 Å². The summed E-state index contributed by atoms with van der Waals surface area (Å²) in [6.07, 6.45) is 0. The molecule has 0 radical (unpaired) electrons. The summed E-state index contributed by atoms with van der Waals surface area (Å²) < 4.78 is 6.20. The van der Waals surface area contributed by atoms with Crippen molar-refractivity contribution < 1.29 is 8.98 Å². The zero-order valence-electron chi connectivity index (χ0n) is 14.0. The predicted molar refractivity (Wildman–Crippen MR) is 101 cm³/mol. The summed E-state index contributed by atoms with van der Waals surface area (Å²) in [7, 11) is 0. The van der Waals surface area contributed by atoms with Gasteiger partial charge in [-0.1, -0.05) is 93.2 Å². The Hall–Kier alpha value is -1.23. The smallest absolute Gasteiger partial charge is 0.180 e. The molecule has 0 N–H and O–H groups in total. The fourth-order valence-corrected chi connectivity index (χ4v) is 7.20. The quantitative estimate of drug-likeness (QED) is 0.687. The van der Waals surface area contributed by atoms with Crippen molar-refractivity contribution in [3.05, 3.63) is 71.8 Å². The fraction of sp³-hybridized carbons (Fsp3) is 0.350. The second kappa shape index (κ2) is 5.38. The normalized spacial score (nSPS) is 30.3. The number of hydrogen-bond acceptors (Lipinski definition) is 4. The highest BCUT2D eigenvalue weighted by Crippen LogP contribution is 2.75. The molecule has 4 rings (SSSR count). The number of benzene rings is 2. The van der Waals surface area contributed by atoms with Crippen LogP contribution < -0.4 is 0 Å². The second-order valence-electron chi connectivity index (χ2n) is 7.00. The second-order valence-corrected chi connectivity index (χ2v) is 9.65. The number of hydrogen-bond donors (Lipinski definition) is 0. The monoisotopic (exact) mass is 356 g/mol. The Bertz CT molecular complexity index is 733. The van der Waals surface area contributed by atoms with Gasteiger partial charge in [0.05, 0.1) is 5.41 Å². The molecule has 2 fully saturated rings. The van der Waals surface area contributed by atoms with E-state index in [4.69, 9.17) is 4.18 Å². The SMILES string of the molecule is CC1C(=O)C(C)(C)C12SOC(c1ccccc1)(c1ccccc1)S2. The van der Waals surface area contributed by atoms with Gasteiger partial charge in [-0.3, -0.25) is 8.98 Å². The fourth-order valence-electron chi connectivity index (χ4n) is 3.81. The molecular weight excluding hydrogens is 336 g/mol. The molecule has 0 aromatic heterocycles. The maximum Gasteiger partial charge on any atom is 0.180 e. The molecule has 124 valence electrons. The lowest BCUT2D eigenvalue weighted by molar-refractivity contribution is -0.142. The predicted octanol–water partition coefficient (Wildman–Crippen LogP) is 5.24. The van der Waals surface area contributed by atoms with E-state index in [1.165, 1.54) is 12.0 Å². The molecule has 2 aromatic rings. The van der Waals surface area contributed by atoms with Crippen LogP contribution >= 0.6 is 23.8 Å². The zero-order valence-corrected chi connectivity index (χ0v) is 15.6. The molecule has 1 heterocycles. The van der Waals surface area contributed by atoms with Gasteiger partial charge in [-0.25, -0.2) is 0 Å². The van der Waals surface area contributed by atoms with Gasteiger partial charge in [-0.15, -0.1) is 0 Å². The molecule has 4 heteroatoms. The first-order valence-electron chi connectivity index (χ1n) is 8.16. The summed E-state index contributed by atoms with van der Waals surface area (Å²) in [5.74, 6) is 0.305. The molecule has 1 spiro atoms. The molecule has 2 atom stereocenters. The van der Waals surface area contributed by atoms with Crippen molar-refractivity contribution in [3.8, 4) is 0 Å². The Morgan fingerprint density at radius 2 is 1.42 bits per heavy atom. The minimum atomic E-state index is -0.584. The molecule has 24 heavy (non-hydrogen) atoms. The Labute approximate surface area is 151 Å². The minimum Gasteiger partial charge on any atom is -0.299 e. The average molecular weight is 357 g/mol. The van der Waals surface area contributed by atoms with Gasteiger partial charge in [-0.2, -0.15) is 0 Å². The van der Waals surface area contributed by atoms with Crippen molar-refractivity contribution in [2.45, 2.75) is 29.8 Å². The zero-order chi connectivity index (χ0) is 17.0.